The van der Waals surface area contributed by atoms with Gasteiger partial charge in [-0.2, -0.15) is 0 Å². The molecular formula is C14H17FN2OS. The molecule has 0 aliphatic heterocycles. The number of carbonyl (C=O) groups is 1. The van der Waals surface area contributed by atoms with E-state index in [1.54, 1.807) is 23.1 Å². The van der Waals surface area contributed by atoms with Crippen molar-refractivity contribution in [1.29, 1.82) is 0 Å². The lowest BCUT2D eigenvalue weighted by Crippen LogP contribution is -2.32. The zero-order valence-corrected chi connectivity index (χ0v) is 11.5. The van der Waals surface area contributed by atoms with Crippen LogP contribution in [0, 0.1) is 5.82 Å². The zero-order valence-electron chi connectivity index (χ0n) is 10.6. The van der Waals surface area contributed by atoms with Gasteiger partial charge in [-0.15, -0.1) is 24.9 Å². The second-order valence-electron chi connectivity index (χ2n) is 3.85. The molecular weight excluding hydrogens is 263 g/mol. The molecule has 0 fully saturated rings. The van der Waals surface area contributed by atoms with E-state index in [4.69, 9.17) is 5.73 Å². The molecule has 0 aliphatic carbocycles. The summed E-state index contributed by atoms with van der Waals surface area (Å²) >= 11 is 1.29. The zero-order chi connectivity index (χ0) is 14.3. The first-order chi connectivity index (χ1) is 9.08. The van der Waals surface area contributed by atoms with E-state index >= 15 is 0 Å². The first-order valence-corrected chi connectivity index (χ1v) is 6.74. The van der Waals surface area contributed by atoms with Crippen molar-refractivity contribution in [2.24, 2.45) is 0 Å². The number of anilines is 1. The van der Waals surface area contributed by atoms with Gasteiger partial charge in [0, 0.05) is 23.7 Å². The van der Waals surface area contributed by atoms with Gasteiger partial charge >= 0.3 is 0 Å². The van der Waals surface area contributed by atoms with Gasteiger partial charge in [-0.25, -0.2) is 4.39 Å². The minimum atomic E-state index is -0.381. The van der Waals surface area contributed by atoms with Gasteiger partial charge in [0.25, 0.3) is 0 Å². The van der Waals surface area contributed by atoms with Gasteiger partial charge in [-0.1, -0.05) is 12.2 Å². The van der Waals surface area contributed by atoms with Gasteiger partial charge in [0.1, 0.15) is 5.82 Å². The van der Waals surface area contributed by atoms with Crippen molar-refractivity contribution >= 4 is 23.4 Å². The highest BCUT2D eigenvalue weighted by molar-refractivity contribution is 8.00. The van der Waals surface area contributed by atoms with Crippen LogP contribution in [0.5, 0.6) is 0 Å². The predicted molar refractivity (Wildman–Crippen MR) is 78.5 cm³/mol. The summed E-state index contributed by atoms with van der Waals surface area (Å²) in [6.45, 7) is 8.17. The highest BCUT2D eigenvalue weighted by Gasteiger charge is 2.12. The first kappa shape index (κ1) is 15.3. The lowest BCUT2D eigenvalue weighted by molar-refractivity contribution is -0.127. The minimum absolute atomic E-state index is 0.0338. The van der Waals surface area contributed by atoms with E-state index in [9.17, 15) is 9.18 Å². The third kappa shape index (κ3) is 4.79. The van der Waals surface area contributed by atoms with Gasteiger partial charge in [-0.3, -0.25) is 4.79 Å². The molecule has 0 unspecified atom stereocenters. The summed E-state index contributed by atoms with van der Waals surface area (Å²) in [4.78, 5) is 14.3. The first-order valence-electron chi connectivity index (χ1n) is 5.76. The van der Waals surface area contributed by atoms with Gasteiger partial charge < -0.3 is 10.6 Å². The van der Waals surface area contributed by atoms with Crippen LogP contribution in [0.2, 0.25) is 0 Å². The van der Waals surface area contributed by atoms with E-state index in [0.29, 0.717) is 23.7 Å². The standard InChI is InChI=1S/C14H17FN2OS/c1-3-7-17(8-4-2)14(18)10-19-13-6-5-11(15)9-12(13)16/h3-6,9H,1-2,7-8,10,16H2. The smallest absolute Gasteiger partial charge is 0.233 e. The molecule has 0 heterocycles. The fourth-order valence-corrected chi connectivity index (χ4v) is 2.32. The number of hydrogen-bond donors (Lipinski definition) is 1. The second kappa shape index (κ2) is 7.63. The Kier molecular flexibility index (Phi) is 6.15. The molecule has 0 saturated carbocycles. The molecule has 1 aromatic carbocycles. The Morgan fingerprint density at radius 1 is 1.37 bits per heavy atom. The van der Waals surface area contributed by atoms with Crippen molar-refractivity contribution in [2.75, 3.05) is 24.6 Å². The highest BCUT2D eigenvalue weighted by Crippen LogP contribution is 2.25. The van der Waals surface area contributed by atoms with Crippen LogP contribution < -0.4 is 5.73 Å². The summed E-state index contributed by atoms with van der Waals surface area (Å²) in [5.74, 6) is -0.168. The van der Waals surface area contributed by atoms with Gasteiger partial charge in [-0.05, 0) is 18.2 Å². The third-order valence-electron chi connectivity index (χ3n) is 2.37. The van der Waals surface area contributed by atoms with E-state index in [0.717, 1.165) is 0 Å². The van der Waals surface area contributed by atoms with E-state index in [1.807, 2.05) is 0 Å². The minimum Gasteiger partial charge on any atom is -0.398 e. The number of nitrogen functional groups attached to an aromatic ring is 1. The van der Waals surface area contributed by atoms with Crippen LogP contribution in [-0.4, -0.2) is 29.6 Å². The lowest BCUT2D eigenvalue weighted by atomic mass is 10.3. The Morgan fingerprint density at radius 2 is 2.00 bits per heavy atom. The molecule has 0 saturated heterocycles. The maximum Gasteiger partial charge on any atom is 0.233 e. The Labute approximate surface area is 117 Å². The number of thioether (sulfide) groups is 1. The van der Waals surface area contributed by atoms with Crippen molar-refractivity contribution in [3.05, 3.63) is 49.3 Å². The normalized spacial score (nSPS) is 9.95. The lowest BCUT2D eigenvalue weighted by Gasteiger charge is -2.19. The number of nitrogens with two attached hydrogens (primary N) is 1. The van der Waals surface area contributed by atoms with Gasteiger partial charge in [0.2, 0.25) is 5.91 Å². The third-order valence-corrected chi connectivity index (χ3v) is 3.45. The molecule has 102 valence electrons. The number of amides is 1. The van der Waals surface area contributed by atoms with Crippen molar-refractivity contribution in [3.8, 4) is 0 Å². The topological polar surface area (TPSA) is 46.3 Å². The maximum atomic E-state index is 12.9. The van der Waals surface area contributed by atoms with E-state index in [2.05, 4.69) is 13.2 Å². The summed E-state index contributed by atoms with van der Waals surface area (Å²) < 4.78 is 12.9. The second-order valence-corrected chi connectivity index (χ2v) is 4.86. The predicted octanol–water partition coefficient (Wildman–Crippen LogP) is 2.70. The average molecular weight is 280 g/mol. The molecule has 0 aliphatic rings. The molecule has 1 rings (SSSR count). The fourth-order valence-electron chi connectivity index (χ4n) is 1.47. The Hall–Kier alpha value is -1.75. The summed E-state index contributed by atoms with van der Waals surface area (Å²) in [5, 5.41) is 0. The number of nitrogens with zero attached hydrogens (tertiary/aromatic N) is 1. The molecule has 3 nitrogen and oxygen atoms in total. The summed E-state index contributed by atoms with van der Waals surface area (Å²) in [7, 11) is 0. The molecule has 1 amide bonds. The number of carbonyl (C=O) groups excluding carboxylic acids is 1. The largest absolute Gasteiger partial charge is 0.398 e. The summed E-state index contributed by atoms with van der Waals surface area (Å²) in [5.41, 5.74) is 6.03. The Morgan fingerprint density at radius 3 is 2.53 bits per heavy atom. The molecule has 2 N–H and O–H groups in total. The SMILES string of the molecule is C=CCN(CC=C)C(=O)CSc1ccc(F)cc1N. The van der Waals surface area contributed by atoms with Crippen LogP contribution in [0.15, 0.2) is 48.4 Å². The van der Waals surface area contributed by atoms with Crippen molar-refractivity contribution in [1.82, 2.24) is 4.90 Å². The fraction of sp³-hybridized carbons (Fsp3) is 0.214. The molecule has 5 heteroatoms. The summed E-state index contributed by atoms with van der Waals surface area (Å²) in [6, 6.07) is 4.15. The Bertz CT molecular complexity index is 467. The van der Waals surface area contributed by atoms with Crippen LogP contribution in [-0.2, 0) is 4.79 Å². The number of rotatable bonds is 7. The number of halogens is 1. The monoisotopic (exact) mass is 280 g/mol. The molecule has 1 aromatic rings. The van der Waals surface area contributed by atoms with Crippen LogP contribution in [0.4, 0.5) is 10.1 Å². The number of benzene rings is 1. The summed E-state index contributed by atoms with van der Waals surface area (Å²) in [6.07, 6.45) is 3.33. The van der Waals surface area contributed by atoms with Crippen LogP contribution in [0.25, 0.3) is 0 Å². The van der Waals surface area contributed by atoms with Crippen molar-refractivity contribution in [2.45, 2.75) is 4.90 Å². The molecule has 0 atom stereocenters. The quantitative estimate of drug-likeness (QED) is 0.474. The van der Waals surface area contributed by atoms with E-state index in [1.165, 1.54) is 23.9 Å². The molecule has 0 spiro atoms. The van der Waals surface area contributed by atoms with Gasteiger partial charge in [0.05, 0.1) is 5.75 Å². The van der Waals surface area contributed by atoms with Crippen molar-refractivity contribution in [3.63, 3.8) is 0 Å². The van der Waals surface area contributed by atoms with E-state index < -0.39 is 0 Å². The number of hydrogen-bond acceptors (Lipinski definition) is 3. The van der Waals surface area contributed by atoms with Crippen LogP contribution >= 0.6 is 11.8 Å². The molecule has 0 bridgehead atoms. The van der Waals surface area contributed by atoms with Crippen LogP contribution in [0.3, 0.4) is 0 Å². The molecule has 19 heavy (non-hydrogen) atoms. The van der Waals surface area contributed by atoms with Crippen molar-refractivity contribution < 1.29 is 9.18 Å². The molecule has 0 aromatic heterocycles. The molecule has 0 radical (unpaired) electrons. The average Bonchev–Trinajstić information content (AvgIpc) is 2.37. The highest BCUT2D eigenvalue weighted by atomic mass is 32.2. The maximum absolute atomic E-state index is 12.9. The van der Waals surface area contributed by atoms with Gasteiger partial charge in [0.15, 0.2) is 0 Å². The van der Waals surface area contributed by atoms with E-state index in [-0.39, 0.29) is 17.5 Å². The Balaban J connectivity index is 2.61. The van der Waals surface area contributed by atoms with Crippen LogP contribution in [0.1, 0.15) is 0 Å².